The number of carbonyl (C=O) groups excluding carboxylic acids is 1. The van der Waals surface area contributed by atoms with E-state index in [9.17, 15) is 4.79 Å². The second-order valence-electron chi connectivity index (χ2n) is 6.65. The molecule has 0 spiro atoms. The van der Waals surface area contributed by atoms with Crippen LogP contribution in [0.3, 0.4) is 0 Å². The molecular weight excluding hydrogens is 298 g/mol. The van der Waals surface area contributed by atoms with Crippen LogP contribution in [0.4, 0.5) is 0 Å². The number of thiazole rings is 1. The minimum Gasteiger partial charge on any atom is -0.294 e. The number of Topliss-reactive ketones (excluding diaryl/α,β-unsaturated/α-hetero) is 1. The summed E-state index contributed by atoms with van der Waals surface area (Å²) in [4.78, 5) is 19.4. The molecule has 2 nitrogen and oxygen atoms in total. The van der Waals surface area contributed by atoms with Crippen molar-refractivity contribution in [2.75, 3.05) is 0 Å². The molecule has 4 heteroatoms. The van der Waals surface area contributed by atoms with E-state index in [2.05, 4.69) is 38.8 Å². The van der Waals surface area contributed by atoms with Crippen molar-refractivity contribution in [3.8, 4) is 9.88 Å². The third-order valence-corrected chi connectivity index (χ3v) is 5.76. The third kappa shape index (κ3) is 2.74. The van der Waals surface area contributed by atoms with Gasteiger partial charge < -0.3 is 0 Å². The van der Waals surface area contributed by atoms with Gasteiger partial charge in [-0.1, -0.05) is 19.4 Å². The van der Waals surface area contributed by atoms with Crippen LogP contribution in [-0.4, -0.2) is 10.8 Å². The van der Waals surface area contributed by atoms with Crippen LogP contribution < -0.4 is 0 Å². The Balaban J connectivity index is 2.24. The lowest BCUT2D eigenvalue weighted by atomic mass is 9.74. The van der Waals surface area contributed by atoms with Gasteiger partial charge in [-0.25, -0.2) is 4.98 Å². The van der Waals surface area contributed by atoms with Gasteiger partial charge in [0.25, 0.3) is 0 Å². The number of hydrogen-bond donors (Lipinski definition) is 0. The van der Waals surface area contributed by atoms with E-state index in [4.69, 9.17) is 0 Å². The molecule has 1 aliphatic carbocycles. The largest absolute Gasteiger partial charge is 0.294 e. The maximum Gasteiger partial charge on any atom is 0.165 e. The van der Waals surface area contributed by atoms with Gasteiger partial charge in [-0.2, -0.15) is 0 Å². The van der Waals surface area contributed by atoms with Gasteiger partial charge >= 0.3 is 0 Å². The van der Waals surface area contributed by atoms with Crippen LogP contribution in [0.2, 0.25) is 0 Å². The first-order chi connectivity index (χ1) is 9.87. The summed E-state index contributed by atoms with van der Waals surface area (Å²) in [6.45, 7) is 8.51. The predicted octanol–water partition coefficient (Wildman–Crippen LogP) is 5.45. The second-order valence-corrected chi connectivity index (χ2v) is 8.60. The van der Waals surface area contributed by atoms with E-state index >= 15 is 0 Å². The zero-order chi connectivity index (χ0) is 15.2. The van der Waals surface area contributed by atoms with Gasteiger partial charge in [0, 0.05) is 28.4 Å². The Kier molecular flexibility index (Phi) is 3.62. The summed E-state index contributed by atoms with van der Waals surface area (Å²) in [7, 11) is 0. The predicted molar refractivity (Wildman–Crippen MR) is 91.2 cm³/mol. The lowest BCUT2D eigenvalue weighted by molar-refractivity contribution is 0.0913. The number of nitrogens with zero attached hydrogens (tertiary/aromatic N) is 1. The fourth-order valence-corrected chi connectivity index (χ4v) is 5.06. The number of rotatable bonds is 2. The second kappa shape index (κ2) is 5.18. The van der Waals surface area contributed by atoms with E-state index < -0.39 is 0 Å². The Morgan fingerprint density at radius 1 is 1.33 bits per heavy atom. The zero-order valence-corrected chi connectivity index (χ0v) is 14.5. The van der Waals surface area contributed by atoms with Gasteiger partial charge in [0.05, 0.1) is 4.88 Å². The molecule has 0 atom stereocenters. The fourth-order valence-electron chi connectivity index (χ4n) is 2.90. The van der Waals surface area contributed by atoms with E-state index in [0.717, 1.165) is 21.9 Å². The molecule has 1 aliphatic rings. The third-order valence-electron chi connectivity index (χ3n) is 3.65. The van der Waals surface area contributed by atoms with Crippen molar-refractivity contribution in [1.82, 2.24) is 4.98 Å². The normalized spacial score (nSPS) is 16.7. The zero-order valence-electron chi connectivity index (χ0n) is 12.8. The summed E-state index contributed by atoms with van der Waals surface area (Å²) < 4.78 is 0. The summed E-state index contributed by atoms with van der Waals surface area (Å²) in [6, 6.07) is 0. The van der Waals surface area contributed by atoms with E-state index in [1.54, 1.807) is 22.7 Å². The maximum atomic E-state index is 12.6. The molecule has 21 heavy (non-hydrogen) atoms. The van der Waals surface area contributed by atoms with Gasteiger partial charge in [-0.3, -0.25) is 4.79 Å². The summed E-state index contributed by atoms with van der Waals surface area (Å²) in [5.41, 5.74) is 3.43. The summed E-state index contributed by atoms with van der Waals surface area (Å²) in [5, 5.41) is 3.04. The summed E-state index contributed by atoms with van der Waals surface area (Å²) in [5.74, 6) is 0.285. The van der Waals surface area contributed by atoms with Gasteiger partial charge in [-0.15, -0.1) is 22.7 Å². The number of fused-ring (bicyclic) bond motifs is 1. The Bertz CT molecular complexity index is 716. The molecule has 110 valence electrons. The standard InChI is InChI=1S/C17H19NOS2/c1-10(2)7-13-14-11(8-17(3,4)9-12(14)19)15(21-13)16-18-5-6-20-16/h5-7H,8-9H2,1-4H3. The first-order valence-corrected chi connectivity index (χ1v) is 8.81. The topological polar surface area (TPSA) is 30.0 Å². The number of hydrogen-bond acceptors (Lipinski definition) is 4. The number of thiophene rings is 1. The molecule has 3 rings (SSSR count). The van der Waals surface area contributed by atoms with Crippen LogP contribution in [0.15, 0.2) is 17.2 Å². The van der Waals surface area contributed by atoms with Crippen molar-refractivity contribution in [2.45, 2.75) is 40.5 Å². The highest BCUT2D eigenvalue weighted by Gasteiger charge is 2.36. The monoisotopic (exact) mass is 317 g/mol. The first-order valence-electron chi connectivity index (χ1n) is 7.11. The van der Waals surface area contributed by atoms with Crippen LogP contribution in [0.25, 0.3) is 16.0 Å². The summed E-state index contributed by atoms with van der Waals surface area (Å²) in [6.07, 6.45) is 5.56. The van der Waals surface area contributed by atoms with Crippen molar-refractivity contribution in [3.63, 3.8) is 0 Å². The Hall–Kier alpha value is -1.26. The van der Waals surface area contributed by atoms with Crippen LogP contribution >= 0.6 is 22.7 Å². The molecule has 0 N–H and O–H groups in total. The quantitative estimate of drug-likeness (QED) is 0.737. The lowest BCUT2D eigenvalue weighted by Crippen LogP contribution is -2.26. The van der Waals surface area contributed by atoms with Crippen LogP contribution in [0.5, 0.6) is 0 Å². The van der Waals surface area contributed by atoms with Crippen molar-refractivity contribution >= 4 is 34.5 Å². The minimum atomic E-state index is 0.0411. The Labute approximate surface area is 133 Å². The van der Waals surface area contributed by atoms with E-state index in [0.29, 0.717) is 6.42 Å². The molecule has 0 unspecified atom stereocenters. The van der Waals surface area contributed by atoms with Crippen molar-refractivity contribution < 1.29 is 4.79 Å². The molecule has 0 radical (unpaired) electrons. The Morgan fingerprint density at radius 2 is 2.10 bits per heavy atom. The smallest absolute Gasteiger partial charge is 0.165 e. The van der Waals surface area contributed by atoms with Crippen molar-refractivity contribution in [1.29, 1.82) is 0 Å². The highest BCUT2D eigenvalue weighted by Crippen LogP contribution is 2.46. The average molecular weight is 317 g/mol. The molecule has 2 aromatic heterocycles. The van der Waals surface area contributed by atoms with Gasteiger partial charge in [0.2, 0.25) is 0 Å². The van der Waals surface area contributed by atoms with Crippen LogP contribution in [0.1, 0.15) is 54.9 Å². The number of carbonyl (C=O) groups is 1. The molecule has 0 saturated carbocycles. The highest BCUT2D eigenvalue weighted by molar-refractivity contribution is 7.22. The first kappa shape index (κ1) is 14.7. The van der Waals surface area contributed by atoms with Gasteiger partial charge in [0.15, 0.2) is 5.78 Å². The van der Waals surface area contributed by atoms with Crippen molar-refractivity contribution in [3.05, 3.63) is 33.2 Å². The molecule has 2 heterocycles. The minimum absolute atomic E-state index is 0.0411. The molecule has 0 aromatic carbocycles. The SMILES string of the molecule is CC(C)=Cc1sc(-c2nccs2)c2c1C(=O)CC(C)(C)C2. The summed E-state index contributed by atoms with van der Waals surface area (Å²) >= 11 is 3.37. The van der Waals surface area contributed by atoms with E-state index in [1.165, 1.54) is 16.0 Å². The van der Waals surface area contributed by atoms with Crippen LogP contribution in [-0.2, 0) is 6.42 Å². The average Bonchev–Trinajstić information content (AvgIpc) is 2.94. The maximum absolute atomic E-state index is 12.6. The van der Waals surface area contributed by atoms with E-state index in [-0.39, 0.29) is 11.2 Å². The van der Waals surface area contributed by atoms with Crippen LogP contribution in [0, 0.1) is 5.41 Å². The van der Waals surface area contributed by atoms with Crippen molar-refractivity contribution in [2.24, 2.45) is 5.41 Å². The molecule has 0 saturated heterocycles. The molecule has 0 bridgehead atoms. The van der Waals surface area contributed by atoms with E-state index in [1.807, 2.05) is 11.6 Å². The Morgan fingerprint density at radius 3 is 2.71 bits per heavy atom. The molecular formula is C17H19NOS2. The lowest BCUT2D eigenvalue weighted by Gasteiger charge is -2.29. The van der Waals surface area contributed by atoms with Gasteiger partial charge in [-0.05, 0) is 37.3 Å². The molecule has 0 amide bonds. The number of allylic oxidation sites excluding steroid dienone is 1. The highest BCUT2D eigenvalue weighted by atomic mass is 32.1. The van der Waals surface area contributed by atoms with Gasteiger partial charge in [0.1, 0.15) is 5.01 Å². The molecule has 0 fully saturated rings. The molecule has 2 aromatic rings. The fraction of sp³-hybridized carbons (Fsp3) is 0.412. The number of aromatic nitrogens is 1. The molecule has 0 aliphatic heterocycles. The number of ketones is 1.